The Labute approximate surface area is 190 Å². The average Bonchev–Trinajstić information content (AvgIpc) is 3.26. The first-order valence-corrected chi connectivity index (χ1v) is 11.9. The van der Waals surface area contributed by atoms with Crippen molar-refractivity contribution < 1.29 is 14.3 Å². The molecule has 3 aromatic rings. The minimum absolute atomic E-state index is 0.160. The molecule has 0 unspecified atom stereocenters. The van der Waals surface area contributed by atoms with Crippen LogP contribution in [0.2, 0.25) is 0 Å². The average molecular weight is 459 g/mol. The van der Waals surface area contributed by atoms with Crippen molar-refractivity contribution >= 4 is 40.0 Å². The number of nitrogens with one attached hydrogen (secondary N) is 1. The summed E-state index contributed by atoms with van der Waals surface area (Å²) in [6, 6.07) is 10.0. The fraction of sp³-hybridized carbons (Fsp3) is 0.364. The zero-order valence-corrected chi connectivity index (χ0v) is 19.7. The third-order valence-corrected chi connectivity index (χ3v) is 7.04. The van der Waals surface area contributed by atoms with E-state index in [1.165, 1.54) is 23.1 Å². The lowest BCUT2D eigenvalue weighted by molar-refractivity contribution is -0.113. The Morgan fingerprint density at radius 2 is 1.90 bits per heavy atom. The zero-order chi connectivity index (χ0) is 22.4. The van der Waals surface area contributed by atoms with Crippen LogP contribution >= 0.6 is 23.1 Å². The Hall–Kier alpha value is -2.65. The highest BCUT2D eigenvalue weighted by molar-refractivity contribution is 7.99. The largest absolute Gasteiger partial charge is 0.462 e. The van der Waals surface area contributed by atoms with Crippen molar-refractivity contribution in [1.29, 1.82) is 0 Å². The highest BCUT2D eigenvalue weighted by Gasteiger charge is 2.23. The normalized spacial score (nSPS) is 10.8. The molecule has 1 aromatic carbocycles. The van der Waals surface area contributed by atoms with Crippen LogP contribution in [0.5, 0.6) is 0 Å². The summed E-state index contributed by atoms with van der Waals surface area (Å²) in [5.41, 5.74) is 2.45. The number of aromatic nitrogens is 3. The van der Waals surface area contributed by atoms with Crippen LogP contribution in [-0.4, -0.2) is 39.0 Å². The van der Waals surface area contributed by atoms with Gasteiger partial charge in [0.2, 0.25) is 5.91 Å². The first-order valence-electron chi connectivity index (χ1n) is 10.1. The highest BCUT2D eigenvalue weighted by atomic mass is 32.2. The number of hydrogen-bond donors (Lipinski definition) is 1. The smallest absolute Gasteiger partial charge is 0.341 e. The molecule has 164 valence electrons. The van der Waals surface area contributed by atoms with Crippen LogP contribution in [0.4, 0.5) is 5.00 Å². The molecule has 3 rings (SSSR count). The molecule has 0 fully saturated rings. The number of esters is 1. The molecule has 1 amide bonds. The summed E-state index contributed by atoms with van der Waals surface area (Å²) in [6.07, 6.45) is 0.787. The van der Waals surface area contributed by atoms with Gasteiger partial charge in [0.05, 0.1) is 24.5 Å². The molecule has 7 nitrogen and oxygen atoms in total. The second-order valence-corrected chi connectivity index (χ2v) is 8.91. The number of rotatable bonds is 9. The van der Waals surface area contributed by atoms with E-state index < -0.39 is 5.97 Å². The number of thioether (sulfide) groups is 1. The number of thiophene rings is 1. The van der Waals surface area contributed by atoms with Crippen molar-refractivity contribution in [3.8, 4) is 0 Å². The lowest BCUT2D eigenvalue weighted by atomic mass is 10.1. The van der Waals surface area contributed by atoms with Gasteiger partial charge >= 0.3 is 5.97 Å². The molecule has 1 N–H and O–H groups in total. The molecule has 31 heavy (non-hydrogen) atoms. The van der Waals surface area contributed by atoms with E-state index in [0.717, 1.165) is 28.2 Å². The Balaban J connectivity index is 1.70. The second-order valence-electron chi connectivity index (χ2n) is 6.87. The Bertz CT molecular complexity index is 1060. The third kappa shape index (κ3) is 5.54. The van der Waals surface area contributed by atoms with E-state index in [1.54, 1.807) is 6.92 Å². The molecule has 2 aromatic heterocycles. The monoisotopic (exact) mass is 458 g/mol. The molecule has 9 heteroatoms. The van der Waals surface area contributed by atoms with Gasteiger partial charge < -0.3 is 14.6 Å². The number of carbonyl (C=O) groups excluding carboxylic acids is 2. The zero-order valence-electron chi connectivity index (χ0n) is 18.1. The van der Waals surface area contributed by atoms with Gasteiger partial charge in [-0.25, -0.2) is 4.79 Å². The summed E-state index contributed by atoms with van der Waals surface area (Å²) in [4.78, 5) is 26.1. The number of aryl methyl sites for hydroxylation is 2. The van der Waals surface area contributed by atoms with E-state index in [2.05, 4.69) is 15.5 Å². The molecule has 0 aliphatic carbocycles. The lowest BCUT2D eigenvalue weighted by Crippen LogP contribution is -2.17. The maximum atomic E-state index is 12.7. The minimum atomic E-state index is -0.405. The fourth-order valence-corrected chi connectivity index (χ4v) is 5.08. The van der Waals surface area contributed by atoms with Gasteiger partial charge in [-0.3, -0.25) is 4.79 Å². The lowest BCUT2D eigenvalue weighted by Gasteiger charge is -2.09. The van der Waals surface area contributed by atoms with Crippen LogP contribution in [0.25, 0.3) is 0 Å². The molecule has 0 saturated carbocycles. The molecule has 0 aliphatic rings. The predicted molar refractivity (Wildman–Crippen MR) is 124 cm³/mol. The van der Waals surface area contributed by atoms with Crippen molar-refractivity contribution in [3.63, 3.8) is 0 Å². The number of hydrogen-bond acceptors (Lipinski definition) is 7. The molecule has 0 radical (unpaired) electrons. The van der Waals surface area contributed by atoms with E-state index in [0.29, 0.717) is 22.3 Å². The molecule has 0 bridgehead atoms. The number of amides is 1. The topological polar surface area (TPSA) is 86.1 Å². The number of ether oxygens (including phenoxy) is 1. The molecule has 0 aliphatic heterocycles. The van der Waals surface area contributed by atoms with E-state index in [-0.39, 0.29) is 18.3 Å². The SMILES string of the molecule is CCOC(=O)c1c(NC(=O)CSc2nnc(C)n2Cc2ccccc2)sc(CC)c1C. The summed E-state index contributed by atoms with van der Waals surface area (Å²) in [7, 11) is 0. The summed E-state index contributed by atoms with van der Waals surface area (Å²) in [5, 5.41) is 12.5. The number of carbonyl (C=O) groups is 2. The number of anilines is 1. The molecule has 0 saturated heterocycles. The Kier molecular flexibility index (Phi) is 7.86. The quantitative estimate of drug-likeness (QED) is 0.376. The number of benzene rings is 1. The molecular formula is C22H26N4O3S2. The van der Waals surface area contributed by atoms with Gasteiger partial charge in [0.25, 0.3) is 0 Å². The first kappa shape index (κ1) is 23.0. The Morgan fingerprint density at radius 1 is 1.16 bits per heavy atom. The maximum Gasteiger partial charge on any atom is 0.341 e. The van der Waals surface area contributed by atoms with Crippen molar-refractivity contribution in [2.24, 2.45) is 0 Å². The standard InChI is InChI=1S/C22H26N4O3S2/c1-5-17-14(3)19(21(28)29-6-2)20(31-17)23-18(27)13-30-22-25-24-15(4)26(22)12-16-10-8-7-9-11-16/h7-11H,5-6,12-13H2,1-4H3,(H,23,27). The van der Waals surface area contributed by atoms with Crippen LogP contribution in [-0.2, 0) is 22.5 Å². The predicted octanol–water partition coefficient (Wildman–Crippen LogP) is 4.47. The van der Waals surface area contributed by atoms with E-state index in [1.807, 2.05) is 55.7 Å². The Morgan fingerprint density at radius 3 is 2.58 bits per heavy atom. The molecular weight excluding hydrogens is 432 g/mol. The van der Waals surface area contributed by atoms with Crippen molar-refractivity contribution in [1.82, 2.24) is 14.8 Å². The highest BCUT2D eigenvalue weighted by Crippen LogP contribution is 2.34. The van der Waals surface area contributed by atoms with Gasteiger partial charge in [-0.1, -0.05) is 49.0 Å². The van der Waals surface area contributed by atoms with Crippen molar-refractivity contribution in [3.05, 3.63) is 57.7 Å². The van der Waals surface area contributed by atoms with E-state index >= 15 is 0 Å². The van der Waals surface area contributed by atoms with Gasteiger partial charge in [0.1, 0.15) is 10.8 Å². The summed E-state index contributed by atoms with van der Waals surface area (Å²) in [5.74, 6) is 0.342. The summed E-state index contributed by atoms with van der Waals surface area (Å²) in [6.45, 7) is 8.50. The van der Waals surface area contributed by atoms with Crippen LogP contribution < -0.4 is 5.32 Å². The fourth-order valence-electron chi connectivity index (χ4n) is 3.14. The minimum Gasteiger partial charge on any atom is -0.462 e. The van der Waals surface area contributed by atoms with Gasteiger partial charge in [0, 0.05) is 4.88 Å². The summed E-state index contributed by atoms with van der Waals surface area (Å²) >= 11 is 2.75. The van der Waals surface area contributed by atoms with Gasteiger partial charge in [-0.2, -0.15) is 0 Å². The molecule has 2 heterocycles. The second kappa shape index (κ2) is 10.6. The first-order chi connectivity index (χ1) is 14.9. The van der Waals surface area contributed by atoms with Crippen LogP contribution in [0, 0.1) is 13.8 Å². The maximum absolute atomic E-state index is 12.7. The van der Waals surface area contributed by atoms with Gasteiger partial charge in [-0.05, 0) is 38.3 Å². The van der Waals surface area contributed by atoms with E-state index in [9.17, 15) is 9.59 Å². The van der Waals surface area contributed by atoms with Gasteiger partial charge in [0.15, 0.2) is 5.16 Å². The third-order valence-electron chi connectivity index (χ3n) is 4.72. The van der Waals surface area contributed by atoms with Crippen LogP contribution in [0.3, 0.4) is 0 Å². The molecule has 0 atom stereocenters. The van der Waals surface area contributed by atoms with E-state index in [4.69, 9.17) is 4.74 Å². The van der Waals surface area contributed by atoms with Crippen LogP contribution in [0.15, 0.2) is 35.5 Å². The van der Waals surface area contributed by atoms with Crippen LogP contribution in [0.1, 0.15) is 46.0 Å². The van der Waals surface area contributed by atoms with Crippen molar-refractivity contribution in [2.75, 3.05) is 17.7 Å². The summed E-state index contributed by atoms with van der Waals surface area (Å²) < 4.78 is 7.17. The van der Waals surface area contributed by atoms with Gasteiger partial charge in [-0.15, -0.1) is 21.5 Å². The molecule has 0 spiro atoms. The van der Waals surface area contributed by atoms with Crippen molar-refractivity contribution in [2.45, 2.75) is 45.8 Å². The number of nitrogens with zero attached hydrogens (tertiary/aromatic N) is 3.